The van der Waals surface area contributed by atoms with Crippen LogP contribution < -0.4 is 14.5 Å². The molecule has 2 aliphatic rings. The number of ether oxygens (including phenoxy) is 4. The molecule has 7 heteroatoms. The minimum absolute atomic E-state index is 0.0584. The van der Waals surface area contributed by atoms with Gasteiger partial charge < -0.3 is 33.9 Å². The topological polar surface area (TPSA) is 70.2 Å². The normalized spacial score (nSPS) is 18.0. The summed E-state index contributed by atoms with van der Waals surface area (Å²) >= 11 is 0. The van der Waals surface area contributed by atoms with Crippen LogP contribution in [0.5, 0.6) is 5.75 Å². The van der Waals surface area contributed by atoms with Crippen molar-refractivity contribution in [2.45, 2.75) is 31.5 Å². The second kappa shape index (κ2) is 12.3. The van der Waals surface area contributed by atoms with Gasteiger partial charge in [0.2, 0.25) is 0 Å². The fourth-order valence-electron chi connectivity index (χ4n) is 4.68. The van der Waals surface area contributed by atoms with Gasteiger partial charge in [-0.2, -0.15) is 0 Å². The molecule has 2 saturated heterocycles. The molecule has 0 radical (unpaired) electrons. The van der Waals surface area contributed by atoms with Gasteiger partial charge in [0.1, 0.15) is 30.7 Å². The van der Waals surface area contributed by atoms with E-state index in [9.17, 15) is 5.11 Å². The third kappa shape index (κ3) is 7.07. The number of aliphatic hydroxyl groups excluding tert-OH is 1. The van der Waals surface area contributed by atoms with Gasteiger partial charge in [0.15, 0.2) is 0 Å². The first kappa shape index (κ1) is 27.3. The van der Waals surface area contributed by atoms with Crippen molar-refractivity contribution in [1.82, 2.24) is 0 Å². The highest BCUT2D eigenvalue weighted by atomic mass is 16.6. The molecule has 1 N–H and O–H groups in total. The van der Waals surface area contributed by atoms with Gasteiger partial charge in [0.05, 0.1) is 26.4 Å². The van der Waals surface area contributed by atoms with Crippen LogP contribution in [0.15, 0.2) is 97.1 Å². The van der Waals surface area contributed by atoms with Crippen molar-refractivity contribution in [2.24, 2.45) is 0 Å². The molecule has 2 heterocycles. The third-order valence-corrected chi connectivity index (χ3v) is 7.58. The van der Waals surface area contributed by atoms with Crippen LogP contribution in [0.2, 0.25) is 0 Å². The van der Waals surface area contributed by atoms with Crippen LogP contribution in [0.3, 0.4) is 0 Å². The number of hydrogen-bond donors (Lipinski definition) is 1. The summed E-state index contributed by atoms with van der Waals surface area (Å²) in [6.45, 7) is 3.14. The Kier molecular flexibility index (Phi) is 8.21. The van der Waals surface area contributed by atoms with E-state index in [2.05, 4.69) is 77.5 Å². The average Bonchev–Trinajstić information content (AvgIpc) is 3.95. The molecule has 41 heavy (non-hydrogen) atoms. The molecule has 0 aromatic heterocycles. The van der Waals surface area contributed by atoms with Crippen molar-refractivity contribution >= 4 is 22.7 Å². The Morgan fingerprint density at radius 3 is 1.56 bits per heavy atom. The molecule has 2 fully saturated rings. The molecular weight excluding hydrogens is 516 g/mol. The van der Waals surface area contributed by atoms with Crippen LogP contribution in [-0.2, 0) is 27.4 Å². The minimum atomic E-state index is -0.551. The molecule has 4 aromatic carbocycles. The largest absolute Gasteiger partial charge is 0.491 e. The lowest BCUT2D eigenvalue weighted by Crippen LogP contribution is -2.10. The highest BCUT2D eigenvalue weighted by Crippen LogP contribution is 2.31. The predicted molar refractivity (Wildman–Crippen MR) is 160 cm³/mol. The van der Waals surface area contributed by atoms with Crippen LogP contribution in [0.25, 0.3) is 0 Å². The van der Waals surface area contributed by atoms with Gasteiger partial charge in [-0.25, -0.2) is 0 Å². The Labute approximate surface area is 241 Å². The molecule has 212 valence electrons. The molecule has 0 aliphatic carbocycles. The number of epoxide rings is 2. The molecule has 7 nitrogen and oxygen atoms in total. The van der Waals surface area contributed by atoms with Crippen molar-refractivity contribution in [3.05, 3.63) is 114 Å². The Balaban J connectivity index is 0.965. The molecule has 4 aromatic rings. The Hall–Kier alpha value is -3.88. The second-order valence-electron chi connectivity index (χ2n) is 10.6. The van der Waals surface area contributed by atoms with Crippen molar-refractivity contribution in [2.75, 3.05) is 43.7 Å². The first-order chi connectivity index (χ1) is 20.0. The fourth-order valence-corrected chi connectivity index (χ4v) is 4.68. The number of nitrogens with zero attached hydrogens (tertiary/aromatic N) is 2. The number of anilines is 4. The highest BCUT2D eigenvalue weighted by molar-refractivity contribution is 5.64. The van der Waals surface area contributed by atoms with Gasteiger partial charge >= 0.3 is 0 Å². The van der Waals surface area contributed by atoms with Crippen molar-refractivity contribution in [1.29, 1.82) is 0 Å². The van der Waals surface area contributed by atoms with E-state index in [4.69, 9.17) is 18.9 Å². The van der Waals surface area contributed by atoms with Gasteiger partial charge in [-0.3, -0.25) is 0 Å². The van der Waals surface area contributed by atoms with Crippen LogP contribution >= 0.6 is 0 Å². The number of benzene rings is 4. The third-order valence-electron chi connectivity index (χ3n) is 7.58. The number of aliphatic hydroxyl groups is 1. The van der Waals surface area contributed by atoms with E-state index in [0.717, 1.165) is 51.8 Å². The van der Waals surface area contributed by atoms with E-state index >= 15 is 0 Å². The predicted octanol–water partition coefficient (Wildman–Crippen LogP) is 6.15. The molecule has 3 atom stereocenters. The Bertz CT molecular complexity index is 1400. The average molecular weight is 553 g/mol. The first-order valence-corrected chi connectivity index (χ1v) is 14.0. The summed E-state index contributed by atoms with van der Waals surface area (Å²) in [4.78, 5) is 4.28. The molecule has 3 unspecified atom stereocenters. The Morgan fingerprint density at radius 1 is 0.683 bits per heavy atom. The van der Waals surface area contributed by atoms with E-state index in [0.29, 0.717) is 26.4 Å². The van der Waals surface area contributed by atoms with Gasteiger partial charge in [-0.1, -0.05) is 36.4 Å². The van der Waals surface area contributed by atoms with E-state index in [1.807, 2.05) is 43.4 Å². The zero-order chi connectivity index (χ0) is 28.2. The van der Waals surface area contributed by atoms with Gasteiger partial charge in [0, 0.05) is 36.8 Å². The monoisotopic (exact) mass is 552 g/mol. The molecule has 0 bridgehead atoms. The summed E-state index contributed by atoms with van der Waals surface area (Å²) in [7, 11) is 4.10. The van der Waals surface area contributed by atoms with Gasteiger partial charge in [-0.15, -0.1) is 0 Å². The zero-order valence-electron chi connectivity index (χ0n) is 23.5. The van der Waals surface area contributed by atoms with E-state index in [-0.39, 0.29) is 12.2 Å². The lowest BCUT2D eigenvalue weighted by atomic mass is 10.1. The van der Waals surface area contributed by atoms with Crippen molar-refractivity contribution < 1.29 is 24.1 Å². The molecular formula is C34H36N2O5. The molecule has 0 spiro atoms. The summed E-state index contributed by atoms with van der Waals surface area (Å²) in [5.41, 5.74) is 7.48. The smallest absolute Gasteiger partial charge is 0.119 e. The Morgan fingerprint density at radius 2 is 1.12 bits per heavy atom. The van der Waals surface area contributed by atoms with Gasteiger partial charge in [0.25, 0.3) is 0 Å². The van der Waals surface area contributed by atoms with E-state index in [1.165, 1.54) is 0 Å². The molecule has 0 amide bonds. The molecule has 6 rings (SSSR count). The number of hydrogen-bond acceptors (Lipinski definition) is 7. The summed E-state index contributed by atoms with van der Waals surface area (Å²) in [6, 6.07) is 33.0. The highest BCUT2D eigenvalue weighted by Gasteiger charge is 2.32. The maximum Gasteiger partial charge on any atom is 0.119 e. The van der Waals surface area contributed by atoms with E-state index < -0.39 is 6.10 Å². The minimum Gasteiger partial charge on any atom is -0.491 e. The zero-order valence-corrected chi connectivity index (χ0v) is 23.5. The van der Waals surface area contributed by atoms with Gasteiger partial charge in [-0.05, 0) is 77.4 Å². The summed E-state index contributed by atoms with van der Waals surface area (Å²) < 4.78 is 22.1. The lowest BCUT2D eigenvalue weighted by molar-refractivity contribution is 0.107. The SMILES string of the molecule is CN(c1ccc(COCc2ccc(N(C)c3ccc(C(O)C4CO4)cc3)cc2)cc1)c1ccc(OCC2CO2)cc1. The summed E-state index contributed by atoms with van der Waals surface area (Å²) in [5.74, 6) is 0.860. The fraction of sp³-hybridized carbons (Fsp3) is 0.294. The first-order valence-electron chi connectivity index (χ1n) is 14.0. The summed E-state index contributed by atoms with van der Waals surface area (Å²) in [6.07, 6.45) is -0.353. The number of rotatable bonds is 13. The summed E-state index contributed by atoms with van der Waals surface area (Å²) in [5, 5.41) is 10.2. The second-order valence-corrected chi connectivity index (χ2v) is 10.6. The van der Waals surface area contributed by atoms with Crippen LogP contribution in [0.1, 0.15) is 22.8 Å². The van der Waals surface area contributed by atoms with Crippen LogP contribution in [-0.4, -0.2) is 51.2 Å². The maximum atomic E-state index is 10.2. The van der Waals surface area contributed by atoms with E-state index in [1.54, 1.807) is 0 Å². The van der Waals surface area contributed by atoms with Crippen molar-refractivity contribution in [3.63, 3.8) is 0 Å². The van der Waals surface area contributed by atoms with Crippen LogP contribution in [0, 0.1) is 0 Å². The lowest BCUT2D eigenvalue weighted by Gasteiger charge is -2.21. The maximum absolute atomic E-state index is 10.2. The molecule has 2 aliphatic heterocycles. The van der Waals surface area contributed by atoms with Crippen LogP contribution in [0.4, 0.5) is 22.7 Å². The van der Waals surface area contributed by atoms with Crippen molar-refractivity contribution in [3.8, 4) is 5.75 Å². The quantitative estimate of drug-likeness (QED) is 0.200. The standard InChI is InChI=1S/C34H36N2O5/c1-35(29-13-7-26(8-14-29)34(37)33-23-41-33)27-9-3-24(4-10-27)19-38-20-25-5-11-28(12-6-25)36(2)30-15-17-31(18-16-30)39-21-32-22-40-32/h3-18,32-34,37H,19-23H2,1-2H3. The molecule has 0 saturated carbocycles.